The van der Waals surface area contributed by atoms with Gasteiger partial charge in [0.05, 0.1) is 0 Å². The number of aromatic nitrogens is 1. The molecule has 0 aliphatic carbocycles. The van der Waals surface area contributed by atoms with Gasteiger partial charge in [0, 0.05) is 28.4 Å². The molecule has 0 fully saturated rings. The van der Waals surface area contributed by atoms with Crippen molar-refractivity contribution in [1.29, 1.82) is 0 Å². The number of rotatable bonds is 8. The smallest absolute Gasteiger partial charge is 0.374 e. The van der Waals surface area contributed by atoms with Gasteiger partial charge in [-0.05, 0) is 49.9 Å². The van der Waals surface area contributed by atoms with Gasteiger partial charge >= 0.3 is 5.97 Å². The summed E-state index contributed by atoms with van der Waals surface area (Å²) in [6.45, 7) is 4.02. The first kappa shape index (κ1) is 21.0. The first-order valence-corrected chi connectivity index (χ1v) is 11.1. The second-order valence-corrected chi connectivity index (χ2v) is 8.95. The van der Waals surface area contributed by atoms with E-state index in [0.717, 1.165) is 36.5 Å². The van der Waals surface area contributed by atoms with E-state index < -0.39 is 27.7 Å². The molecule has 3 aromatic rings. The van der Waals surface area contributed by atoms with E-state index in [4.69, 9.17) is 14.3 Å². The second kappa shape index (κ2) is 8.36. The summed E-state index contributed by atoms with van der Waals surface area (Å²) in [5, 5.41) is 6.40. The van der Waals surface area contributed by atoms with Gasteiger partial charge in [-0.15, -0.1) is 11.3 Å². The fourth-order valence-corrected chi connectivity index (χ4v) is 4.13. The number of thiophene rings is 1. The molecular formula is C19H20N2O6S2. The molecule has 0 aliphatic rings. The van der Waals surface area contributed by atoms with Crippen molar-refractivity contribution in [3.05, 3.63) is 63.3 Å². The Hall–Kier alpha value is -2.69. The van der Waals surface area contributed by atoms with E-state index >= 15 is 0 Å². The molecule has 2 N–H and O–H groups in total. The van der Waals surface area contributed by atoms with Gasteiger partial charge in [0.25, 0.3) is 10.0 Å². The highest BCUT2D eigenvalue weighted by atomic mass is 32.2. The molecule has 154 valence electrons. The topological polar surface area (TPSA) is 122 Å². The van der Waals surface area contributed by atoms with Crippen LogP contribution in [0.3, 0.4) is 0 Å². The van der Waals surface area contributed by atoms with Crippen molar-refractivity contribution in [2.75, 3.05) is 6.61 Å². The zero-order chi connectivity index (χ0) is 21.2. The van der Waals surface area contributed by atoms with Crippen LogP contribution >= 0.6 is 11.3 Å². The SMILES string of the molecule is Cc1cc(C(=O)COC(=O)c2ccc(S(N)(=O)=O)o2)c(C)n1CCc1cccs1. The zero-order valence-corrected chi connectivity index (χ0v) is 17.5. The van der Waals surface area contributed by atoms with E-state index in [1.54, 1.807) is 17.4 Å². The third-order valence-electron chi connectivity index (χ3n) is 4.43. The maximum absolute atomic E-state index is 12.5. The number of ether oxygens (including phenoxy) is 1. The number of nitrogens with two attached hydrogens (primary N) is 1. The summed E-state index contributed by atoms with van der Waals surface area (Å²) in [5.74, 6) is -1.64. The first-order chi connectivity index (χ1) is 13.7. The van der Waals surface area contributed by atoms with Gasteiger partial charge in [0.15, 0.2) is 6.61 Å². The number of carbonyl (C=O) groups is 2. The lowest BCUT2D eigenvalue weighted by atomic mass is 10.1. The molecule has 0 aliphatic heterocycles. The zero-order valence-electron chi connectivity index (χ0n) is 15.9. The molecule has 3 heterocycles. The number of hydrogen-bond donors (Lipinski definition) is 1. The van der Waals surface area contributed by atoms with Gasteiger partial charge < -0.3 is 13.7 Å². The number of sulfonamides is 1. The predicted molar refractivity (Wildman–Crippen MR) is 107 cm³/mol. The molecule has 0 atom stereocenters. The molecule has 0 spiro atoms. The van der Waals surface area contributed by atoms with Crippen LogP contribution in [0.5, 0.6) is 0 Å². The summed E-state index contributed by atoms with van der Waals surface area (Å²) in [6.07, 6.45) is 0.863. The number of primary sulfonamides is 1. The van der Waals surface area contributed by atoms with Crippen LogP contribution in [0.1, 0.15) is 37.2 Å². The van der Waals surface area contributed by atoms with Gasteiger partial charge in [-0.1, -0.05) is 6.07 Å². The number of furan rings is 1. The number of ketones is 1. The van der Waals surface area contributed by atoms with Crippen LogP contribution in [0.15, 0.2) is 45.2 Å². The lowest BCUT2D eigenvalue weighted by Gasteiger charge is -2.09. The van der Waals surface area contributed by atoms with Crippen molar-refractivity contribution in [2.45, 2.75) is 31.9 Å². The fraction of sp³-hybridized carbons (Fsp3) is 0.263. The second-order valence-electron chi connectivity index (χ2n) is 6.43. The predicted octanol–water partition coefficient (Wildman–Crippen LogP) is 2.69. The molecule has 8 nitrogen and oxygen atoms in total. The Labute approximate surface area is 171 Å². The molecule has 0 saturated heterocycles. The van der Waals surface area contributed by atoms with Gasteiger partial charge in [-0.3, -0.25) is 4.79 Å². The minimum absolute atomic E-state index is 0.344. The maximum Gasteiger partial charge on any atom is 0.374 e. The van der Waals surface area contributed by atoms with E-state index in [2.05, 4.69) is 10.6 Å². The highest BCUT2D eigenvalue weighted by Crippen LogP contribution is 2.19. The Morgan fingerprint density at radius 2 is 2.00 bits per heavy atom. The van der Waals surface area contributed by atoms with Crippen LogP contribution in [0.4, 0.5) is 0 Å². The van der Waals surface area contributed by atoms with E-state index in [1.165, 1.54) is 4.88 Å². The quantitative estimate of drug-likeness (QED) is 0.428. The Balaban J connectivity index is 1.64. The first-order valence-electron chi connectivity index (χ1n) is 8.69. The summed E-state index contributed by atoms with van der Waals surface area (Å²) in [7, 11) is -4.06. The molecule has 0 aromatic carbocycles. The number of carbonyl (C=O) groups excluding carboxylic acids is 2. The molecule has 0 radical (unpaired) electrons. The Morgan fingerprint density at radius 3 is 2.62 bits per heavy atom. The molecular weight excluding hydrogens is 416 g/mol. The van der Waals surface area contributed by atoms with E-state index in [0.29, 0.717) is 5.56 Å². The van der Waals surface area contributed by atoms with Crippen molar-refractivity contribution in [3.8, 4) is 0 Å². The van der Waals surface area contributed by atoms with Crippen LogP contribution in [0, 0.1) is 13.8 Å². The standard InChI is InChI=1S/C19H20N2O6S2/c1-12-10-15(13(2)21(12)8-7-14-4-3-9-28-14)16(22)11-26-19(23)17-5-6-18(27-17)29(20,24)25/h3-6,9-10H,7-8,11H2,1-2H3,(H2,20,24,25). The summed E-state index contributed by atoms with van der Waals surface area (Å²) in [5.41, 5.74) is 2.22. The summed E-state index contributed by atoms with van der Waals surface area (Å²) in [4.78, 5) is 25.8. The normalized spacial score (nSPS) is 11.6. The Morgan fingerprint density at radius 1 is 1.24 bits per heavy atom. The minimum Gasteiger partial charge on any atom is -0.451 e. The molecule has 0 unspecified atom stereocenters. The van der Waals surface area contributed by atoms with Gasteiger partial charge in [0.1, 0.15) is 0 Å². The van der Waals surface area contributed by atoms with Crippen LogP contribution in [-0.4, -0.2) is 31.3 Å². The van der Waals surface area contributed by atoms with Crippen molar-refractivity contribution in [1.82, 2.24) is 4.57 Å². The summed E-state index contributed by atoms with van der Waals surface area (Å²) < 4.78 is 34.3. The van der Waals surface area contributed by atoms with Crippen molar-refractivity contribution in [3.63, 3.8) is 0 Å². The van der Waals surface area contributed by atoms with E-state index in [1.807, 2.05) is 25.3 Å². The third-order valence-corrected chi connectivity index (χ3v) is 6.15. The van der Waals surface area contributed by atoms with Crippen molar-refractivity contribution < 1.29 is 27.2 Å². The van der Waals surface area contributed by atoms with Gasteiger partial charge in [0.2, 0.25) is 16.6 Å². The molecule has 3 aromatic heterocycles. The number of aryl methyl sites for hydroxylation is 2. The maximum atomic E-state index is 12.5. The molecule has 0 bridgehead atoms. The molecule has 29 heavy (non-hydrogen) atoms. The lowest BCUT2D eigenvalue weighted by Crippen LogP contribution is -2.15. The highest BCUT2D eigenvalue weighted by molar-refractivity contribution is 7.89. The van der Waals surface area contributed by atoms with Crippen molar-refractivity contribution in [2.24, 2.45) is 5.14 Å². The largest absolute Gasteiger partial charge is 0.451 e. The number of hydrogen-bond acceptors (Lipinski definition) is 7. The van der Waals surface area contributed by atoms with Crippen molar-refractivity contribution >= 4 is 33.1 Å². The monoisotopic (exact) mass is 436 g/mol. The number of esters is 1. The van der Waals surface area contributed by atoms with E-state index in [9.17, 15) is 18.0 Å². The Bertz CT molecular complexity index is 1140. The molecule has 3 rings (SSSR count). The van der Waals surface area contributed by atoms with Crippen LogP contribution in [-0.2, 0) is 27.7 Å². The van der Waals surface area contributed by atoms with Crippen LogP contribution in [0.2, 0.25) is 0 Å². The minimum atomic E-state index is -4.06. The molecule has 0 saturated carbocycles. The van der Waals surface area contributed by atoms with E-state index in [-0.39, 0.29) is 11.5 Å². The molecule has 0 amide bonds. The fourth-order valence-electron chi connectivity index (χ4n) is 2.97. The number of Topliss-reactive ketones (excluding diaryl/α,β-unsaturated/α-hetero) is 1. The summed E-state index contributed by atoms with van der Waals surface area (Å²) >= 11 is 1.69. The molecule has 10 heteroatoms. The summed E-state index contributed by atoms with van der Waals surface area (Å²) in [6, 6.07) is 8.02. The number of nitrogens with zero attached hydrogens (tertiary/aromatic N) is 1. The van der Waals surface area contributed by atoms with Crippen LogP contribution < -0.4 is 5.14 Å². The highest BCUT2D eigenvalue weighted by Gasteiger charge is 2.21. The average Bonchev–Trinajstić information content (AvgIpc) is 3.38. The third kappa shape index (κ3) is 4.84. The average molecular weight is 437 g/mol. The van der Waals surface area contributed by atoms with Crippen LogP contribution in [0.25, 0.3) is 0 Å². The lowest BCUT2D eigenvalue weighted by molar-refractivity contribution is 0.0438. The Kier molecular flexibility index (Phi) is 6.06. The van der Waals surface area contributed by atoms with Gasteiger partial charge in [-0.25, -0.2) is 18.4 Å². The van der Waals surface area contributed by atoms with Gasteiger partial charge in [-0.2, -0.15) is 0 Å².